The van der Waals surface area contributed by atoms with Gasteiger partial charge in [-0.15, -0.1) is 0 Å². The Labute approximate surface area is 110 Å². The molecule has 0 rings (SSSR count). The fourth-order valence-electron chi connectivity index (χ4n) is 1.17. The second kappa shape index (κ2) is 9.68. The van der Waals surface area contributed by atoms with Gasteiger partial charge in [-0.1, -0.05) is 0 Å². The molecule has 0 unspecified atom stereocenters. The fraction of sp³-hybridized carbons (Fsp3) is 0.818. The third-order valence-corrected chi connectivity index (χ3v) is 2.41. The van der Waals surface area contributed by atoms with E-state index in [9.17, 15) is 19.8 Å². The van der Waals surface area contributed by atoms with Crippen molar-refractivity contribution in [3.8, 4) is 0 Å². The molecular weight excluding hydrogens is 260 g/mol. The smallest absolute Gasteiger partial charge is 0.305 e. The highest BCUT2D eigenvalue weighted by molar-refractivity contribution is 5.67. The van der Waals surface area contributed by atoms with Crippen LogP contribution in [0.5, 0.6) is 0 Å². The van der Waals surface area contributed by atoms with Gasteiger partial charge in [-0.2, -0.15) is 0 Å². The number of hydrogen-bond acceptors (Lipinski definition) is 6. The van der Waals surface area contributed by atoms with Crippen LogP contribution in [-0.2, 0) is 19.1 Å². The minimum atomic E-state index is -1.06. The van der Waals surface area contributed by atoms with Crippen molar-refractivity contribution in [2.45, 2.75) is 12.8 Å². The van der Waals surface area contributed by atoms with Crippen molar-refractivity contribution < 1.29 is 39.5 Å². The van der Waals surface area contributed by atoms with Crippen molar-refractivity contribution in [3.63, 3.8) is 0 Å². The third kappa shape index (κ3) is 8.49. The summed E-state index contributed by atoms with van der Waals surface area (Å²) in [6, 6.07) is 0. The van der Waals surface area contributed by atoms with Gasteiger partial charge < -0.3 is 29.9 Å². The number of carboxylic acids is 2. The van der Waals surface area contributed by atoms with Crippen molar-refractivity contribution in [2.75, 3.05) is 39.6 Å². The molecule has 112 valence electrons. The molecule has 0 radical (unpaired) electrons. The normalized spacial score (nSPS) is 11.5. The maximum Gasteiger partial charge on any atom is 0.305 e. The lowest BCUT2D eigenvalue weighted by atomic mass is 9.92. The van der Waals surface area contributed by atoms with Crippen LogP contribution in [0.25, 0.3) is 0 Å². The standard InChI is InChI=1S/C11H20O8/c12-5-11(6-13,7-18-3-1-9(14)15)8-19-4-2-10(16)17/h12-13H,1-8H2,(H,14,15)(H,16,17). The zero-order valence-electron chi connectivity index (χ0n) is 10.6. The molecule has 0 aliphatic heterocycles. The van der Waals surface area contributed by atoms with Crippen LogP contribution < -0.4 is 0 Å². The molecule has 4 N–H and O–H groups in total. The number of carboxylic acid groups (broad SMARTS) is 2. The van der Waals surface area contributed by atoms with Gasteiger partial charge in [0.2, 0.25) is 0 Å². The van der Waals surface area contributed by atoms with Gasteiger partial charge in [-0.3, -0.25) is 9.59 Å². The van der Waals surface area contributed by atoms with Crippen molar-refractivity contribution in [1.29, 1.82) is 0 Å². The quantitative estimate of drug-likeness (QED) is 0.332. The Hall–Kier alpha value is -1.22. The monoisotopic (exact) mass is 280 g/mol. The first kappa shape index (κ1) is 17.8. The average Bonchev–Trinajstić information content (AvgIpc) is 2.37. The predicted molar refractivity (Wildman–Crippen MR) is 62.7 cm³/mol. The summed E-state index contributed by atoms with van der Waals surface area (Å²) in [4.78, 5) is 20.6. The highest BCUT2D eigenvalue weighted by atomic mass is 16.5. The summed E-state index contributed by atoms with van der Waals surface area (Å²) in [5, 5.41) is 35.3. The van der Waals surface area contributed by atoms with E-state index in [0.29, 0.717) is 0 Å². The zero-order chi connectivity index (χ0) is 14.7. The summed E-state index contributed by atoms with van der Waals surface area (Å²) >= 11 is 0. The second-order valence-electron chi connectivity index (χ2n) is 4.21. The lowest BCUT2D eigenvalue weighted by Gasteiger charge is -2.29. The molecule has 0 saturated carbocycles. The van der Waals surface area contributed by atoms with Gasteiger partial charge in [0.25, 0.3) is 0 Å². The molecule has 0 aliphatic carbocycles. The predicted octanol–water partition coefficient (Wildman–Crippen LogP) is -1.06. The number of aliphatic carboxylic acids is 2. The number of hydrogen-bond donors (Lipinski definition) is 4. The van der Waals surface area contributed by atoms with Crippen LogP contribution in [0.1, 0.15) is 12.8 Å². The SMILES string of the molecule is O=C(O)CCOCC(CO)(CO)COCCC(=O)O. The van der Waals surface area contributed by atoms with Crippen LogP contribution >= 0.6 is 0 Å². The van der Waals surface area contributed by atoms with E-state index in [1.54, 1.807) is 0 Å². The van der Waals surface area contributed by atoms with Gasteiger partial charge in [0.15, 0.2) is 0 Å². The molecule has 0 aromatic carbocycles. The molecule has 0 aromatic heterocycles. The summed E-state index contributed by atoms with van der Waals surface area (Å²) in [6.45, 7) is -1.04. The zero-order valence-corrected chi connectivity index (χ0v) is 10.6. The Morgan fingerprint density at radius 2 is 1.21 bits per heavy atom. The van der Waals surface area contributed by atoms with Gasteiger partial charge >= 0.3 is 11.9 Å². The molecule has 0 amide bonds. The number of ether oxygens (including phenoxy) is 2. The van der Waals surface area contributed by atoms with E-state index in [1.165, 1.54) is 0 Å². The maximum atomic E-state index is 10.3. The molecular formula is C11H20O8. The molecule has 0 spiro atoms. The lowest BCUT2D eigenvalue weighted by molar-refractivity contribution is -0.139. The van der Waals surface area contributed by atoms with Crippen LogP contribution in [0.15, 0.2) is 0 Å². The number of rotatable bonds is 12. The van der Waals surface area contributed by atoms with Crippen molar-refractivity contribution in [3.05, 3.63) is 0 Å². The summed E-state index contributed by atoms with van der Waals surface area (Å²) < 4.78 is 10.1. The lowest BCUT2D eigenvalue weighted by Crippen LogP contribution is -2.40. The minimum absolute atomic E-state index is 0.0355. The first-order valence-corrected chi connectivity index (χ1v) is 5.76. The van der Waals surface area contributed by atoms with Crippen molar-refractivity contribution in [1.82, 2.24) is 0 Å². The van der Waals surface area contributed by atoms with E-state index in [0.717, 1.165) is 0 Å². The number of aliphatic hydroxyl groups is 2. The third-order valence-electron chi connectivity index (χ3n) is 2.41. The Bertz CT molecular complexity index is 250. The molecule has 19 heavy (non-hydrogen) atoms. The highest BCUT2D eigenvalue weighted by Crippen LogP contribution is 2.17. The number of carbonyl (C=O) groups is 2. The van der Waals surface area contributed by atoms with Crippen LogP contribution in [0.3, 0.4) is 0 Å². The van der Waals surface area contributed by atoms with Crippen LogP contribution in [-0.4, -0.2) is 72.0 Å². The Morgan fingerprint density at radius 1 is 0.842 bits per heavy atom. The van der Waals surface area contributed by atoms with Gasteiger partial charge in [-0.25, -0.2) is 0 Å². The van der Waals surface area contributed by atoms with Gasteiger partial charge in [0.1, 0.15) is 0 Å². The molecule has 0 heterocycles. The average molecular weight is 280 g/mol. The maximum absolute atomic E-state index is 10.3. The molecule has 0 bridgehead atoms. The van der Waals surface area contributed by atoms with Crippen molar-refractivity contribution in [2.24, 2.45) is 5.41 Å². The first-order chi connectivity index (χ1) is 8.95. The summed E-state index contributed by atoms with van der Waals surface area (Å²) in [5.41, 5.74) is -1.06. The van der Waals surface area contributed by atoms with E-state index < -0.39 is 30.6 Å². The molecule has 0 atom stereocenters. The van der Waals surface area contributed by atoms with E-state index in [-0.39, 0.29) is 39.3 Å². The van der Waals surface area contributed by atoms with Gasteiger partial charge in [-0.05, 0) is 0 Å². The fourth-order valence-corrected chi connectivity index (χ4v) is 1.17. The van der Waals surface area contributed by atoms with E-state index >= 15 is 0 Å². The second-order valence-corrected chi connectivity index (χ2v) is 4.21. The largest absolute Gasteiger partial charge is 0.481 e. The molecule has 0 aliphatic rings. The minimum Gasteiger partial charge on any atom is -0.481 e. The first-order valence-electron chi connectivity index (χ1n) is 5.76. The van der Waals surface area contributed by atoms with E-state index in [1.807, 2.05) is 0 Å². The van der Waals surface area contributed by atoms with Gasteiger partial charge in [0, 0.05) is 0 Å². The van der Waals surface area contributed by atoms with Crippen LogP contribution in [0.4, 0.5) is 0 Å². The topological polar surface area (TPSA) is 134 Å². The summed E-state index contributed by atoms with van der Waals surface area (Å²) in [7, 11) is 0. The molecule has 8 nitrogen and oxygen atoms in total. The van der Waals surface area contributed by atoms with Crippen LogP contribution in [0.2, 0.25) is 0 Å². The Morgan fingerprint density at radius 3 is 1.47 bits per heavy atom. The molecule has 8 heteroatoms. The Kier molecular flexibility index (Phi) is 9.06. The Balaban J connectivity index is 4.03. The summed E-state index contributed by atoms with van der Waals surface area (Å²) in [6.07, 6.45) is -0.348. The highest BCUT2D eigenvalue weighted by Gasteiger charge is 2.30. The molecule has 0 saturated heterocycles. The van der Waals surface area contributed by atoms with Crippen LogP contribution in [0, 0.1) is 5.41 Å². The van der Waals surface area contributed by atoms with E-state index in [2.05, 4.69) is 0 Å². The number of aliphatic hydroxyl groups excluding tert-OH is 2. The molecule has 0 fully saturated rings. The van der Waals surface area contributed by atoms with E-state index in [4.69, 9.17) is 19.7 Å². The summed E-state index contributed by atoms with van der Waals surface area (Å²) in [5.74, 6) is -2.01. The molecule has 0 aromatic rings. The van der Waals surface area contributed by atoms with Gasteiger partial charge in [0.05, 0.1) is 57.9 Å². The van der Waals surface area contributed by atoms with Crippen molar-refractivity contribution >= 4 is 11.9 Å².